The van der Waals surface area contributed by atoms with Crippen LogP contribution in [0.15, 0.2) is 11.6 Å². The van der Waals surface area contributed by atoms with Crippen molar-refractivity contribution in [3.63, 3.8) is 0 Å². The summed E-state index contributed by atoms with van der Waals surface area (Å²) < 4.78 is 0. The van der Waals surface area contributed by atoms with Crippen LogP contribution in [0, 0.1) is 29.1 Å². The molecule has 0 aromatic heterocycles. The molecule has 3 saturated carbocycles. The van der Waals surface area contributed by atoms with Gasteiger partial charge in [0.2, 0.25) is 0 Å². The summed E-state index contributed by atoms with van der Waals surface area (Å²) in [4.78, 5) is 24.5. The molecule has 0 aliphatic heterocycles. The molecule has 1 unspecified atom stereocenters. The van der Waals surface area contributed by atoms with Crippen molar-refractivity contribution in [2.75, 3.05) is 0 Å². The summed E-state index contributed by atoms with van der Waals surface area (Å²) in [5, 5.41) is 0. The van der Waals surface area contributed by atoms with Crippen LogP contribution in [-0.4, -0.2) is 11.6 Å². The molecule has 4 rings (SSSR count). The topological polar surface area (TPSA) is 34.1 Å². The van der Waals surface area contributed by atoms with Crippen LogP contribution < -0.4 is 0 Å². The van der Waals surface area contributed by atoms with Crippen LogP contribution >= 0.6 is 0 Å². The minimum atomic E-state index is 0.243. The zero-order valence-electron chi connectivity index (χ0n) is 13.1. The van der Waals surface area contributed by atoms with Crippen molar-refractivity contribution in [1.29, 1.82) is 0 Å². The number of Topliss-reactive ketones (excluding diaryl/α,β-unsaturated/α-hetero) is 1. The van der Waals surface area contributed by atoms with Crippen molar-refractivity contribution in [2.45, 2.75) is 64.7 Å². The first-order valence-corrected chi connectivity index (χ1v) is 8.90. The molecule has 0 N–H and O–H groups in total. The predicted octanol–water partition coefficient (Wildman–Crippen LogP) is 4.09. The van der Waals surface area contributed by atoms with Gasteiger partial charge in [-0.1, -0.05) is 25.3 Å². The van der Waals surface area contributed by atoms with E-state index in [-0.39, 0.29) is 5.78 Å². The fraction of sp³-hybridized carbons (Fsp3) is 0.789. The second kappa shape index (κ2) is 4.79. The SMILES string of the molecule is CCC12CCC[C@H]1[C@@H]1C(=O)CC3=CC(=O)CC[C@@H]3[C@H]1CC2. The molecule has 0 heterocycles. The first-order chi connectivity index (χ1) is 10.1. The smallest absolute Gasteiger partial charge is 0.155 e. The summed E-state index contributed by atoms with van der Waals surface area (Å²) in [5.74, 6) is 2.76. The van der Waals surface area contributed by atoms with Crippen molar-refractivity contribution in [3.8, 4) is 0 Å². The van der Waals surface area contributed by atoms with E-state index in [0.717, 1.165) is 6.42 Å². The maximum atomic E-state index is 12.8. The highest BCUT2D eigenvalue weighted by Crippen LogP contribution is 2.62. The minimum absolute atomic E-state index is 0.243. The molecule has 21 heavy (non-hydrogen) atoms. The average Bonchev–Trinajstić information content (AvgIpc) is 2.91. The molecule has 0 aromatic rings. The van der Waals surface area contributed by atoms with E-state index >= 15 is 0 Å². The Hall–Kier alpha value is -0.920. The van der Waals surface area contributed by atoms with E-state index in [1.54, 1.807) is 0 Å². The van der Waals surface area contributed by atoms with Crippen molar-refractivity contribution >= 4 is 11.6 Å². The van der Waals surface area contributed by atoms with Gasteiger partial charge in [-0.15, -0.1) is 0 Å². The van der Waals surface area contributed by atoms with Crippen molar-refractivity contribution in [2.24, 2.45) is 29.1 Å². The van der Waals surface area contributed by atoms with Gasteiger partial charge in [0.25, 0.3) is 0 Å². The van der Waals surface area contributed by atoms with Gasteiger partial charge in [0.1, 0.15) is 5.78 Å². The van der Waals surface area contributed by atoms with Gasteiger partial charge in [0.15, 0.2) is 5.78 Å². The zero-order chi connectivity index (χ0) is 14.6. The monoisotopic (exact) mass is 286 g/mol. The second-order valence-corrected chi connectivity index (χ2v) is 7.92. The zero-order valence-corrected chi connectivity index (χ0v) is 13.1. The Morgan fingerprint density at radius 1 is 1.19 bits per heavy atom. The van der Waals surface area contributed by atoms with Crippen LogP contribution in [0.5, 0.6) is 0 Å². The van der Waals surface area contributed by atoms with Crippen molar-refractivity contribution < 1.29 is 9.59 Å². The molecule has 3 fully saturated rings. The number of allylic oxidation sites excluding steroid dienone is 1. The highest BCUT2D eigenvalue weighted by molar-refractivity contribution is 5.94. The predicted molar refractivity (Wildman–Crippen MR) is 81.7 cm³/mol. The first kappa shape index (κ1) is 13.7. The largest absolute Gasteiger partial charge is 0.299 e. The van der Waals surface area contributed by atoms with Gasteiger partial charge < -0.3 is 0 Å². The Labute approximate surface area is 127 Å². The molecule has 0 radical (unpaired) electrons. The maximum Gasteiger partial charge on any atom is 0.155 e. The number of ketones is 2. The number of rotatable bonds is 1. The number of carbonyl (C=O) groups is 2. The summed E-state index contributed by atoms with van der Waals surface area (Å²) in [6.45, 7) is 2.33. The third-order valence-corrected chi connectivity index (χ3v) is 7.34. The Bertz CT molecular complexity index is 518. The summed E-state index contributed by atoms with van der Waals surface area (Å²) in [6, 6.07) is 0. The van der Waals surface area contributed by atoms with E-state index in [0.29, 0.717) is 47.7 Å². The number of carbonyl (C=O) groups excluding carboxylic acids is 2. The number of hydrogen-bond donors (Lipinski definition) is 0. The van der Waals surface area contributed by atoms with Gasteiger partial charge in [0, 0.05) is 18.8 Å². The van der Waals surface area contributed by atoms with Crippen molar-refractivity contribution in [1.82, 2.24) is 0 Å². The van der Waals surface area contributed by atoms with Gasteiger partial charge in [-0.2, -0.15) is 0 Å². The Balaban J connectivity index is 1.69. The van der Waals surface area contributed by atoms with Gasteiger partial charge in [-0.25, -0.2) is 0 Å². The summed E-state index contributed by atoms with van der Waals surface area (Å²) in [6.07, 6.45) is 11.8. The molecule has 114 valence electrons. The molecule has 0 bridgehead atoms. The minimum Gasteiger partial charge on any atom is -0.299 e. The highest BCUT2D eigenvalue weighted by atomic mass is 16.1. The van der Waals surface area contributed by atoms with Crippen LogP contribution in [-0.2, 0) is 9.59 Å². The molecule has 0 saturated heterocycles. The second-order valence-electron chi connectivity index (χ2n) is 7.92. The normalized spacial score (nSPS) is 45.7. The van der Waals surface area contributed by atoms with Gasteiger partial charge in [-0.3, -0.25) is 9.59 Å². The summed E-state index contributed by atoms with van der Waals surface area (Å²) in [7, 11) is 0. The van der Waals surface area contributed by atoms with Crippen LogP contribution in [0.2, 0.25) is 0 Å². The molecule has 2 heteroatoms. The number of hydrogen-bond acceptors (Lipinski definition) is 2. The summed E-state index contributed by atoms with van der Waals surface area (Å²) in [5.41, 5.74) is 1.65. The van der Waals surface area contributed by atoms with Crippen LogP contribution in [0.1, 0.15) is 64.7 Å². The van der Waals surface area contributed by atoms with Crippen molar-refractivity contribution in [3.05, 3.63) is 11.6 Å². The molecule has 2 nitrogen and oxygen atoms in total. The highest BCUT2D eigenvalue weighted by Gasteiger charge is 2.56. The van der Waals surface area contributed by atoms with E-state index < -0.39 is 0 Å². The Kier molecular flexibility index (Phi) is 3.13. The molecule has 0 aromatic carbocycles. The molecular weight excluding hydrogens is 260 g/mol. The average molecular weight is 286 g/mol. The quantitative estimate of drug-likeness (QED) is 0.727. The molecular formula is C19H26O2. The van der Waals surface area contributed by atoms with Crippen LogP contribution in [0.3, 0.4) is 0 Å². The van der Waals surface area contributed by atoms with Gasteiger partial charge in [0.05, 0.1) is 0 Å². The maximum absolute atomic E-state index is 12.8. The number of fused-ring (bicyclic) bond motifs is 5. The lowest BCUT2D eigenvalue weighted by Gasteiger charge is -2.52. The van der Waals surface area contributed by atoms with E-state index in [4.69, 9.17) is 0 Å². The lowest BCUT2D eigenvalue weighted by molar-refractivity contribution is -0.135. The Morgan fingerprint density at radius 2 is 2.05 bits per heavy atom. The Morgan fingerprint density at radius 3 is 2.86 bits per heavy atom. The lowest BCUT2D eigenvalue weighted by Crippen LogP contribution is -2.49. The van der Waals surface area contributed by atoms with E-state index in [1.165, 1.54) is 44.1 Å². The standard InChI is InChI=1S/C19H26O2/c1-2-19-8-3-4-16(19)18-15(7-9-19)14-6-5-13(20)10-12(14)11-17(18)21/h10,14-16,18H,2-9,11H2,1H3/t14-,15+,16-,18+,19?/m0/s1. The third-order valence-electron chi connectivity index (χ3n) is 7.34. The molecule has 4 aliphatic rings. The van der Waals surface area contributed by atoms with E-state index in [1.807, 2.05) is 6.08 Å². The fourth-order valence-electron chi connectivity index (χ4n) is 6.36. The van der Waals surface area contributed by atoms with Crippen LogP contribution in [0.25, 0.3) is 0 Å². The molecule has 0 amide bonds. The molecule has 4 aliphatic carbocycles. The van der Waals surface area contributed by atoms with E-state index in [2.05, 4.69) is 6.92 Å². The summed E-state index contributed by atoms with van der Waals surface area (Å²) >= 11 is 0. The van der Waals surface area contributed by atoms with Gasteiger partial charge in [-0.05, 0) is 61.3 Å². The first-order valence-electron chi connectivity index (χ1n) is 8.90. The van der Waals surface area contributed by atoms with E-state index in [9.17, 15) is 9.59 Å². The van der Waals surface area contributed by atoms with Crippen LogP contribution in [0.4, 0.5) is 0 Å². The molecule has 5 atom stereocenters. The third kappa shape index (κ3) is 1.90. The fourth-order valence-corrected chi connectivity index (χ4v) is 6.36. The molecule has 0 spiro atoms. The lowest BCUT2D eigenvalue weighted by atomic mass is 9.51. The van der Waals surface area contributed by atoms with Gasteiger partial charge >= 0.3 is 0 Å².